The number of nitrogens with zero attached hydrogens (tertiary/aromatic N) is 5. The fourth-order valence-electron chi connectivity index (χ4n) is 1.34. The van der Waals surface area contributed by atoms with Crippen LogP contribution in [-0.2, 0) is 19.2 Å². The molecule has 17 heavy (non-hydrogen) atoms. The van der Waals surface area contributed by atoms with E-state index in [1.165, 1.54) is 11.8 Å². The zero-order chi connectivity index (χ0) is 12.3. The molecular formula is C9H14N6OS. The number of aryl methyl sites for hydroxylation is 1. The number of aromatic nitrogens is 5. The van der Waals surface area contributed by atoms with Gasteiger partial charge in [0.2, 0.25) is 5.89 Å². The van der Waals surface area contributed by atoms with Crippen molar-refractivity contribution in [1.82, 2.24) is 24.9 Å². The van der Waals surface area contributed by atoms with Crippen molar-refractivity contribution in [3.63, 3.8) is 0 Å². The molecular weight excluding hydrogens is 240 g/mol. The van der Waals surface area contributed by atoms with E-state index in [1.807, 2.05) is 11.6 Å². The molecule has 0 aliphatic heterocycles. The van der Waals surface area contributed by atoms with E-state index < -0.39 is 0 Å². The van der Waals surface area contributed by atoms with Crippen LogP contribution in [0.2, 0.25) is 0 Å². The van der Waals surface area contributed by atoms with Crippen LogP contribution in [0.1, 0.15) is 17.5 Å². The summed E-state index contributed by atoms with van der Waals surface area (Å²) in [6.07, 6.45) is 0.726. The van der Waals surface area contributed by atoms with Crippen molar-refractivity contribution in [3.05, 3.63) is 17.5 Å². The highest BCUT2D eigenvalue weighted by Crippen LogP contribution is 2.20. The normalized spacial score (nSPS) is 11.0. The van der Waals surface area contributed by atoms with Gasteiger partial charge in [-0.1, -0.05) is 16.9 Å². The summed E-state index contributed by atoms with van der Waals surface area (Å²) in [5.41, 5.74) is 5.49. The van der Waals surface area contributed by atoms with Crippen molar-refractivity contribution in [2.45, 2.75) is 24.3 Å². The summed E-state index contributed by atoms with van der Waals surface area (Å²) in [6, 6.07) is 0. The third kappa shape index (κ3) is 2.83. The minimum absolute atomic E-state index is 0.569. The van der Waals surface area contributed by atoms with Gasteiger partial charge in [-0.25, -0.2) is 0 Å². The second-order valence-electron chi connectivity index (χ2n) is 3.52. The molecule has 2 aromatic rings. The van der Waals surface area contributed by atoms with Crippen LogP contribution in [0.15, 0.2) is 9.68 Å². The Labute approximate surface area is 103 Å². The molecule has 0 saturated carbocycles. The maximum Gasteiger partial charge on any atom is 0.237 e. The molecule has 0 fully saturated rings. The lowest BCUT2D eigenvalue weighted by atomic mass is 10.4. The molecule has 92 valence electrons. The number of hydrogen-bond acceptors (Lipinski definition) is 7. The zero-order valence-electron chi connectivity index (χ0n) is 9.75. The maximum absolute atomic E-state index is 5.49. The minimum atomic E-state index is 0.569. The molecule has 0 amide bonds. The van der Waals surface area contributed by atoms with E-state index in [4.69, 9.17) is 10.3 Å². The van der Waals surface area contributed by atoms with E-state index in [0.717, 1.165) is 17.4 Å². The number of nitrogens with two attached hydrogens (primary N) is 1. The van der Waals surface area contributed by atoms with Gasteiger partial charge < -0.3 is 14.8 Å². The van der Waals surface area contributed by atoms with Crippen LogP contribution in [0.4, 0.5) is 0 Å². The molecule has 0 spiro atoms. The largest absolute Gasteiger partial charge is 0.338 e. The number of rotatable bonds is 5. The van der Waals surface area contributed by atoms with Crippen LogP contribution in [0.25, 0.3) is 0 Å². The lowest BCUT2D eigenvalue weighted by molar-refractivity contribution is 0.387. The second-order valence-corrected chi connectivity index (χ2v) is 4.46. The highest BCUT2D eigenvalue weighted by atomic mass is 32.2. The van der Waals surface area contributed by atoms with E-state index in [0.29, 0.717) is 24.0 Å². The summed E-state index contributed by atoms with van der Waals surface area (Å²) in [5, 5.41) is 12.7. The minimum Gasteiger partial charge on any atom is -0.338 e. The zero-order valence-corrected chi connectivity index (χ0v) is 10.6. The van der Waals surface area contributed by atoms with E-state index in [2.05, 4.69) is 20.3 Å². The van der Waals surface area contributed by atoms with Crippen LogP contribution in [0, 0.1) is 6.92 Å². The monoisotopic (exact) mass is 254 g/mol. The van der Waals surface area contributed by atoms with Crippen LogP contribution in [0.3, 0.4) is 0 Å². The number of hydrogen-bond donors (Lipinski definition) is 1. The first-order valence-corrected chi connectivity index (χ1v) is 6.19. The maximum atomic E-state index is 5.49. The van der Waals surface area contributed by atoms with Gasteiger partial charge in [-0.2, -0.15) is 4.98 Å². The summed E-state index contributed by atoms with van der Waals surface area (Å²) in [6.45, 7) is 2.36. The van der Waals surface area contributed by atoms with Crippen LogP contribution in [-0.4, -0.2) is 31.4 Å². The SMILES string of the molecule is Cc1noc(CSc2nnc(CCN)n2C)n1. The average molecular weight is 254 g/mol. The summed E-state index contributed by atoms with van der Waals surface area (Å²) in [5.74, 6) is 2.71. The first-order chi connectivity index (χ1) is 8.20. The fourth-order valence-corrected chi connectivity index (χ4v) is 2.11. The third-order valence-electron chi connectivity index (χ3n) is 2.19. The molecule has 0 bridgehead atoms. The first-order valence-electron chi connectivity index (χ1n) is 5.21. The van der Waals surface area contributed by atoms with Crippen LogP contribution < -0.4 is 5.73 Å². The predicted molar refractivity (Wildman–Crippen MR) is 62.4 cm³/mol. The molecule has 0 aromatic carbocycles. The lowest BCUT2D eigenvalue weighted by Gasteiger charge is -2.00. The van der Waals surface area contributed by atoms with E-state index in [1.54, 1.807) is 6.92 Å². The van der Waals surface area contributed by atoms with Gasteiger partial charge >= 0.3 is 0 Å². The quantitative estimate of drug-likeness (QED) is 0.766. The molecule has 2 heterocycles. The second kappa shape index (κ2) is 5.28. The summed E-state index contributed by atoms with van der Waals surface area (Å²) < 4.78 is 6.95. The highest BCUT2D eigenvalue weighted by Gasteiger charge is 2.10. The molecule has 2 rings (SSSR count). The Balaban J connectivity index is 1.99. The van der Waals surface area contributed by atoms with E-state index in [9.17, 15) is 0 Å². The Morgan fingerprint density at radius 2 is 2.24 bits per heavy atom. The predicted octanol–water partition coefficient (Wildman–Crippen LogP) is 0.300. The smallest absolute Gasteiger partial charge is 0.237 e. The van der Waals surface area contributed by atoms with Gasteiger partial charge in [-0.3, -0.25) is 0 Å². The van der Waals surface area contributed by atoms with Crippen LogP contribution >= 0.6 is 11.8 Å². The summed E-state index contributed by atoms with van der Waals surface area (Å²) >= 11 is 1.51. The Kier molecular flexibility index (Phi) is 3.75. The fraction of sp³-hybridized carbons (Fsp3) is 0.556. The molecule has 0 aliphatic rings. The molecule has 0 unspecified atom stereocenters. The Morgan fingerprint density at radius 3 is 2.88 bits per heavy atom. The van der Waals surface area contributed by atoms with Gasteiger partial charge in [0.05, 0.1) is 5.75 Å². The molecule has 0 saturated heterocycles. The Hall–Kier alpha value is -1.41. The van der Waals surface area contributed by atoms with Gasteiger partial charge in [0, 0.05) is 13.5 Å². The van der Waals surface area contributed by atoms with Crippen molar-refractivity contribution in [2.75, 3.05) is 6.54 Å². The molecule has 7 nitrogen and oxygen atoms in total. The van der Waals surface area contributed by atoms with Crippen molar-refractivity contribution < 1.29 is 4.52 Å². The Morgan fingerprint density at radius 1 is 1.41 bits per heavy atom. The highest BCUT2D eigenvalue weighted by molar-refractivity contribution is 7.98. The summed E-state index contributed by atoms with van der Waals surface area (Å²) in [4.78, 5) is 4.12. The van der Waals surface area contributed by atoms with Gasteiger partial charge in [-0.15, -0.1) is 10.2 Å². The topological polar surface area (TPSA) is 95.6 Å². The van der Waals surface area contributed by atoms with Crippen molar-refractivity contribution in [3.8, 4) is 0 Å². The Bertz CT molecular complexity index is 493. The van der Waals surface area contributed by atoms with Gasteiger partial charge in [0.1, 0.15) is 5.82 Å². The molecule has 2 N–H and O–H groups in total. The third-order valence-corrected chi connectivity index (χ3v) is 3.19. The lowest BCUT2D eigenvalue weighted by Crippen LogP contribution is -2.08. The molecule has 0 atom stereocenters. The van der Waals surface area contributed by atoms with Gasteiger partial charge in [-0.05, 0) is 13.5 Å². The molecule has 0 radical (unpaired) electrons. The molecule has 0 aliphatic carbocycles. The standard InChI is InChI=1S/C9H14N6OS/c1-6-11-8(16-14-6)5-17-9-13-12-7(3-4-10)15(9)2/h3-5,10H2,1-2H3. The van der Waals surface area contributed by atoms with Crippen molar-refractivity contribution in [2.24, 2.45) is 12.8 Å². The van der Waals surface area contributed by atoms with E-state index in [-0.39, 0.29) is 0 Å². The average Bonchev–Trinajstić information content (AvgIpc) is 2.86. The van der Waals surface area contributed by atoms with Gasteiger partial charge in [0.15, 0.2) is 11.0 Å². The number of thioether (sulfide) groups is 1. The molecule has 8 heteroatoms. The van der Waals surface area contributed by atoms with Crippen LogP contribution in [0.5, 0.6) is 0 Å². The van der Waals surface area contributed by atoms with Gasteiger partial charge in [0.25, 0.3) is 0 Å². The first kappa shape index (κ1) is 12.1. The summed E-state index contributed by atoms with van der Waals surface area (Å²) in [7, 11) is 1.92. The van der Waals surface area contributed by atoms with Crippen molar-refractivity contribution >= 4 is 11.8 Å². The molecule has 2 aromatic heterocycles. The van der Waals surface area contributed by atoms with Crippen molar-refractivity contribution in [1.29, 1.82) is 0 Å². The van der Waals surface area contributed by atoms with E-state index >= 15 is 0 Å².